The van der Waals surface area contributed by atoms with Gasteiger partial charge in [-0.1, -0.05) is 41.9 Å². The van der Waals surface area contributed by atoms with Gasteiger partial charge in [-0.2, -0.15) is 0 Å². The maximum absolute atomic E-state index is 12.2. The Balaban J connectivity index is 1.56. The second-order valence-corrected chi connectivity index (χ2v) is 6.10. The Labute approximate surface area is 140 Å². The first-order valence-corrected chi connectivity index (χ1v) is 8.05. The minimum atomic E-state index is 0.0995. The predicted molar refractivity (Wildman–Crippen MR) is 92.5 cm³/mol. The third-order valence-corrected chi connectivity index (χ3v) is 4.43. The van der Waals surface area contributed by atoms with Gasteiger partial charge < -0.3 is 10.0 Å². The molecule has 0 bridgehead atoms. The number of ketones is 1. The number of hydrogen-bond acceptors (Lipinski definition) is 4. The summed E-state index contributed by atoms with van der Waals surface area (Å²) < 4.78 is 0. The number of carbonyl (C=O) groups excluding carboxylic acids is 1. The molecule has 23 heavy (non-hydrogen) atoms. The molecule has 2 aromatic rings. The number of aromatic hydroxyl groups is 1. The molecule has 1 N–H and O–H groups in total. The smallest absolute Gasteiger partial charge is 0.176 e. The van der Waals surface area contributed by atoms with E-state index in [1.165, 1.54) is 0 Å². The lowest BCUT2D eigenvalue weighted by Gasteiger charge is -2.35. The van der Waals surface area contributed by atoms with E-state index in [0.29, 0.717) is 11.6 Å². The summed E-state index contributed by atoms with van der Waals surface area (Å²) >= 11 is 5.97. The number of benzene rings is 2. The van der Waals surface area contributed by atoms with E-state index in [1.807, 2.05) is 36.4 Å². The molecule has 2 aromatic carbocycles. The minimum Gasteiger partial charge on any atom is -0.506 e. The summed E-state index contributed by atoms with van der Waals surface area (Å²) in [6.45, 7) is 3.79. The van der Waals surface area contributed by atoms with Crippen LogP contribution in [0.2, 0.25) is 5.02 Å². The third-order valence-electron chi connectivity index (χ3n) is 4.13. The molecule has 4 nitrogen and oxygen atoms in total. The van der Waals surface area contributed by atoms with Crippen LogP contribution in [0.15, 0.2) is 48.5 Å². The summed E-state index contributed by atoms with van der Waals surface area (Å²) in [6.07, 6.45) is 0. The Morgan fingerprint density at radius 1 is 1.04 bits per heavy atom. The number of rotatable bonds is 4. The fourth-order valence-corrected chi connectivity index (χ4v) is 2.95. The molecule has 1 aliphatic heterocycles. The molecule has 0 aromatic heterocycles. The molecular formula is C18H19ClN2O2. The standard InChI is InChI=1S/C18H19ClN2O2/c19-16-12-15(6-7-17(16)22)21-10-8-20(9-11-21)13-18(23)14-4-2-1-3-5-14/h1-7,12,22H,8-11,13H2. The van der Waals surface area contributed by atoms with Crippen LogP contribution in [0, 0.1) is 0 Å². The number of phenolic OH excluding ortho intramolecular Hbond substituents is 1. The summed E-state index contributed by atoms with van der Waals surface area (Å²) in [5.74, 6) is 0.259. The van der Waals surface area contributed by atoms with Crippen LogP contribution < -0.4 is 4.90 Å². The number of carbonyl (C=O) groups is 1. The van der Waals surface area contributed by atoms with E-state index in [4.69, 9.17) is 11.6 Å². The zero-order valence-electron chi connectivity index (χ0n) is 12.8. The van der Waals surface area contributed by atoms with Crippen LogP contribution in [-0.2, 0) is 0 Å². The molecule has 1 fully saturated rings. The van der Waals surface area contributed by atoms with Crippen LogP contribution in [0.1, 0.15) is 10.4 Å². The van der Waals surface area contributed by atoms with Crippen LogP contribution in [0.3, 0.4) is 0 Å². The number of anilines is 1. The second kappa shape index (κ2) is 7.02. The zero-order valence-corrected chi connectivity index (χ0v) is 13.5. The zero-order chi connectivity index (χ0) is 16.2. The van der Waals surface area contributed by atoms with Crippen molar-refractivity contribution in [2.75, 3.05) is 37.6 Å². The van der Waals surface area contributed by atoms with Crippen molar-refractivity contribution in [3.63, 3.8) is 0 Å². The number of nitrogens with zero attached hydrogens (tertiary/aromatic N) is 2. The van der Waals surface area contributed by atoms with Gasteiger partial charge in [0, 0.05) is 37.4 Å². The lowest BCUT2D eigenvalue weighted by atomic mass is 10.1. The fraction of sp³-hybridized carbons (Fsp3) is 0.278. The van der Waals surface area contributed by atoms with E-state index < -0.39 is 0 Å². The molecule has 0 atom stereocenters. The van der Waals surface area contributed by atoms with Crippen molar-refractivity contribution in [2.24, 2.45) is 0 Å². The summed E-state index contributed by atoms with van der Waals surface area (Å²) in [6, 6.07) is 14.7. The van der Waals surface area contributed by atoms with Gasteiger partial charge in [0.15, 0.2) is 5.78 Å². The SMILES string of the molecule is O=C(CN1CCN(c2ccc(O)c(Cl)c2)CC1)c1ccccc1. The number of piperazine rings is 1. The van der Waals surface area contributed by atoms with E-state index >= 15 is 0 Å². The summed E-state index contributed by atoms with van der Waals surface area (Å²) in [5.41, 5.74) is 1.77. The molecule has 0 amide bonds. The van der Waals surface area contributed by atoms with E-state index in [2.05, 4.69) is 9.80 Å². The molecule has 1 aliphatic rings. The Bertz CT molecular complexity index is 683. The number of phenols is 1. The Hall–Kier alpha value is -2.04. The van der Waals surface area contributed by atoms with Crippen LogP contribution in [0.4, 0.5) is 5.69 Å². The van der Waals surface area contributed by atoms with Crippen molar-refractivity contribution in [1.82, 2.24) is 4.90 Å². The van der Waals surface area contributed by atoms with Crippen LogP contribution in [0.25, 0.3) is 0 Å². The van der Waals surface area contributed by atoms with Gasteiger partial charge in [0.05, 0.1) is 11.6 Å². The van der Waals surface area contributed by atoms with E-state index in [9.17, 15) is 9.90 Å². The lowest BCUT2D eigenvalue weighted by Crippen LogP contribution is -2.48. The van der Waals surface area contributed by atoms with Crippen molar-refractivity contribution in [3.05, 3.63) is 59.1 Å². The van der Waals surface area contributed by atoms with Crippen molar-refractivity contribution in [3.8, 4) is 5.75 Å². The fourth-order valence-electron chi connectivity index (χ4n) is 2.78. The number of Topliss-reactive ketones (excluding diaryl/α,β-unsaturated/α-hetero) is 1. The van der Waals surface area contributed by atoms with E-state index in [0.717, 1.165) is 37.4 Å². The normalized spacial score (nSPS) is 15.6. The van der Waals surface area contributed by atoms with Gasteiger partial charge in [-0.05, 0) is 18.2 Å². The largest absolute Gasteiger partial charge is 0.506 e. The number of hydrogen-bond donors (Lipinski definition) is 1. The Morgan fingerprint density at radius 3 is 2.39 bits per heavy atom. The van der Waals surface area contributed by atoms with Crippen molar-refractivity contribution in [2.45, 2.75) is 0 Å². The Kier molecular flexibility index (Phi) is 4.84. The quantitative estimate of drug-likeness (QED) is 0.875. The molecule has 5 heteroatoms. The summed E-state index contributed by atoms with van der Waals surface area (Å²) in [5, 5.41) is 9.86. The Morgan fingerprint density at radius 2 is 1.74 bits per heavy atom. The first-order chi connectivity index (χ1) is 11.1. The van der Waals surface area contributed by atoms with Crippen LogP contribution in [0.5, 0.6) is 5.75 Å². The maximum Gasteiger partial charge on any atom is 0.176 e. The molecule has 3 rings (SSSR count). The van der Waals surface area contributed by atoms with Gasteiger partial charge in [0.25, 0.3) is 0 Å². The molecule has 0 spiro atoms. The van der Waals surface area contributed by atoms with Gasteiger partial charge in [-0.25, -0.2) is 0 Å². The first-order valence-electron chi connectivity index (χ1n) is 7.67. The minimum absolute atomic E-state index is 0.0995. The molecule has 0 radical (unpaired) electrons. The highest BCUT2D eigenvalue weighted by Gasteiger charge is 2.20. The monoisotopic (exact) mass is 330 g/mol. The molecule has 120 valence electrons. The second-order valence-electron chi connectivity index (χ2n) is 5.69. The third kappa shape index (κ3) is 3.84. The molecule has 1 heterocycles. The van der Waals surface area contributed by atoms with Crippen LogP contribution in [-0.4, -0.2) is 48.5 Å². The molecule has 0 saturated carbocycles. The number of halogens is 1. The van der Waals surface area contributed by atoms with Gasteiger partial charge in [0.1, 0.15) is 5.75 Å². The lowest BCUT2D eigenvalue weighted by molar-refractivity contribution is 0.0926. The molecule has 0 unspecified atom stereocenters. The molecule has 0 aliphatic carbocycles. The molecule has 1 saturated heterocycles. The molecular weight excluding hydrogens is 312 g/mol. The average Bonchev–Trinajstić information content (AvgIpc) is 2.59. The first kappa shape index (κ1) is 15.8. The highest BCUT2D eigenvalue weighted by atomic mass is 35.5. The maximum atomic E-state index is 12.2. The van der Waals surface area contributed by atoms with Gasteiger partial charge in [0.2, 0.25) is 0 Å². The van der Waals surface area contributed by atoms with Crippen molar-refractivity contribution in [1.29, 1.82) is 0 Å². The topological polar surface area (TPSA) is 43.8 Å². The van der Waals surface area contributed by atoms with E-state index in [1.54, 1.807) is 12.1 Å². The highest BCUT2D eigenvalue weighted by molar-refractivity contribution is 6.32. The van der Waals surface area contributed by atoms with Gasteiger partial charge >= 0.3 is 0 Å². The highest BCUT2D eigenvalue weighted by Crippen LogP contribution is 2.28. The van der Waals surface area contributed by atoms with Crippen molar-refractivity contribution >= 4 is 23.1 Å². The van der Waals surface area contributed by atoms with Gasteiger partial charge in [-0.15, -0.1) is 0 Å². The van der Waals surface area contributed by atoms with Crippen LogP contribution >= 0.6 is 11.6 Å². The summed E-state index contributed by atoms with van der Waals surface area (Å²) in [4.78, 5) is 16.6. The predicted octanol–water partition coefficient (Wildman–Crippen LogP) is 3.05. The van der Waals surface area contributed by atoms with E-state index in [-0.39, 0.29) is 11.5 Å². The van der Waals surface area contributed by atoms with Crippen molar-refractivity contribution < 1.29 is 9.90 Å². The average molecular weight is 331 g/mol. The van der Waals surface area contributed by atoms with Gasteiger partial charge in [-0.3, -0.25) is 9.69 Å². The summed E-state index contributed by atoms with van der Waals surface area (Å²) in [7, 11) is 0.